The van der Waals surface area contributed by atoms with Crippen LogP contribution in [0.25, 0.3) is 0 Å². The Morgan fingerprint density at radius 3 is 2.90 bits per heavy atom. The molecule has 0 bridgehead atoms. The zero-order valence-electron chi connectivity index (χ0n) is 6.64. The lowest BCUT2D eigenvalue weighted by Gasteiger charge is -2.27. The van der Waals surface area contributed by atoms with Crippen molar-refractivity contribution in [1.29, 1.82) is 0 Å². The van der Waals surface area contributed by atoms with Gasteiger partial charge in [-0.15, -0.1) is 0 Å². The molecule has 0 aromatic carbocycles. The SMILES string of the molecule is CC[C@@H](O)[C@@H]1CCCCN1. The molecule has 0 unspecified atom stereocenters. The minimum atomic E-state index is -0.125. The number of piperidine rings is 1. The minimum Gasteiger partial charge on any atom is -0.392 e. The molecule has 1 saturated heterocycles. The Morgan fingerprint density at radius 2 is 2.40 bits per heavy atom. The maximum atomic E-state index is 9.42. The Morgan fingerprint density at radius 1 is 1.60 bits per heavy atom. The topological polar surface area (TPSA) is 32.3 Å². The predicted octanol–water partition coefficient (Wildman–Crippen LogP) is 0.899. The van der Waals surface area contributed by atoms with Crippen LogP contribution < -0.4 is 5.32 Å². The minimum absolute atomic E-state index is 0.125. The monoisotopic (exact) mass is 143 g/mol. The second-order valence-electron chi connectivity index (χ2n) is 3.03. The molecule has 0 amide bonds. The molecule has 0 spiro atoms. The van der Waals surface area contributed by atoms with E-state index in [2.05, 4.69) is 5.32 Å². The third-order valence-corrected chi connectivity index (χ3v) is 2.23. The van der Waals surface area contributed by atoms with Crippen LogP contribution in [-0.2, 0) is 0 Å². The fourth-order valence-corrected chi connectivity index (χ4v) is 1.49. The highest BCUT2D eigenvalue weighted by molar-refractivity contribution is 4.77. The number of nitrogens with one attached hydrogen (secondary N) is 1. The summed E-state index contributed by atoms with van der Waals surface area (Å²) in [6.45, 7) is 3.11. The molecule has 60 valence electrons. The Hall–Kier alpha value is -0.0800. The molecule has 0 aliphatic carbocycles. The first-order valence-electron chi connectivity index (χ1n) is 4.26. The molecule has 1 heterocycles. The highest BCUT2D eigenvalue weighted by Crippen LogP contribution is 2.11. The quantitative estimate of drug-likeness (QED) is 0.602. The third kappa shape index (κ3) is 1.96. The Kier molecular flexibility index (Phi) is 3.16. The molecule has 2 N–H and O–H groups in total. The predicted molar refractivity (Wildman–Crippen MR) is 41.9 cm³/mol. The summed E-state index contributed by atoms with van der Waals surface area (Å²) >= 11 is 0. The largest absolute Gasteiger partial charge is 0.392 e. The maximum Gasteiger partial charge on any atom is 0.0690 e. The van der Waals surface area contributed by atoms with Crippen LogP contribution in [0.5, 0.6) is 0 Å². The summed E-state index contributed by atoms with van der Waals surface area (Å²) in [4.78, 5) is 0. The summed E-state index contributed by atoms with van der Waals surface area (Å²) in [5.41, 5.74) is 0. The van der Waals surface area contributed by atoms with Crippen molar-refractivity contribution in [3.8, 4) is 0 Å². The van der Waals surface area contributed by atoms with Gasteiger partial charge in [0.2, 0.25) is 0 Å². The number of aliphatic hydroxyl groups is 1. The van der Waals surface area contributed by atoms with Crippen molar-refractivity contribution in [2.75, 3.05) is 6.54 Å². The third-order valence-electron chi connectivity index (χ3n) is 2.23. The average Bonchev–Trinajstić information content (AvgIpc) is 2.05. The van der Waals surface area contributed by atoms with Crippen LogP contribution in [0.4, 0.5) is 0 Å². The molecule has 1 fully saturated rings. The summed E-state index contributed by atoms with van der Waals surface area (Å²) in [5.74, 6) is 0. The molecule has 0 aromatic rings. The molecule has 1 aliphatic heterocycles. The summed E-state index contributed by atoms with van der Waals surface area (Å²) in [6.07, 6.45) is 4.44. The van der Waals surface area contributed by atoms with Gasteiger partial charge in [-0.05, 0) is 25.8 Å². The van der Waals surface area contributed by atoms with E-state index in [1.165, 1.54) is 12.8 Å². The lowest BCUT2D eigenvalue weighted by Crippen LogP contribution is -2.42. The van der Waals surface area contributed by atoms with E-state index in [-0.39, 0.29) is 6.10 Å². The number of rotatable bonds is 2. The fourth-order valence-electron chi connectivity index (χ4n) is 1.49. The molecule has 2 atom stereocenters. The van der Waals surface area contributed by atoms with E-state index >= 15 is 0 Å². The van der Waals surface area contributed by atoms with E-state index in [4.69, 9.17) is 0 Å². The first-order valence-corrected chi connectivity index (χ1v) is 4.26. The van der Waals surface area contributed by atoms with Crippen LogP contribution in [0.2, 0.25) is 0 Å². The molecule has 0 radical (unpaired) electrons. The van der Waals surface area contributed by atoms with Crippen molar-refractivity contribution in [2.24, 2.45) is 0 Å². The van der Waals surface area contributed by atoms with Crippen molar-refractivity contribution in [3.63, 3.8) is 0 Å². The van der Waals surface area contributed by atoms with Gasteiger partial charge < -0.3 is 10.4 Å². The van der Waals surface area contributed by atoms with Gasteiger partial charge in [-0.2, -0.15) is 0 Å². The molecule has 2 nitrogen and oxygen atoms in total. The highest BCUT2D eigenvalue weighted by atomic mass is 16.3. The average molecular weight is 143 g/mol. The standard InChI is InChI=1S/C8H17NO/c1-2-8(10)7-5-3-4-6-9-7/h7-10H,2-6H2,1H3/t7-,8+/m0/s1. The van der Waals surface area contributed by atoms with Crippen LogP contribution >= 0.6 is 0 Å². The van der Waals surface area contributed by atoms with Crippen LogP contribution in [0.1, 0.15) is 32.6 Å². The van der Waals surface area contributed by atoms with E-state index < -0.39 is 0 Å². The zero-order chi connectivity index (χ0) is 7.40. The van der Waals surface area contributed by atoms with E-state index in [1.54, 1.807) is 0 Å². The van der Waals surface area contributed by atoms with Crippen LogP contribution in [-0.4, -0.2) is 23.8 Å². The van der Waals surface area contributed by atoms with Crippen LogP contribution in [0.3, 0.4) is 0 Å². The summed E-state index contributed by atoms with van der Waals surface area (Å²) in [6, 6.07) is 0.374. The van der Waals surface area contributed by atoms with Crippen molar-refractivity contribution < 1.29 is 5.11 Å². The Balaban J connectivity index is 2.24. The molecule has 1 aliphatic rings. The van der Waals surface area contributed by atoms with Gasteiger partial charge in [-0.3, -0.25) is 0 Å². The smallest absolute Gasteiger partial charge is 0.0690 e. The van der Waals surface area contributed by atoms with Gasteiger partial charge in [0.25, 0.3) is 0 Å². The first kappa shape index (κ1) is 8.02. The molecule has 1 rings (SSSR count). The molecular weight excluding hydrogens is 126 g/mol. The van der Waals surface area contributed by atoms with E-state index in [1.807, 2.05) is 6.92 Å². The van der Waals surface area contributed by atoms with E-state index in [9.17, 15) is 5.11 Å². The Bertz CT molecular complexity index is 89.3. The van der Waals surface area contributed by atoms with Gasteiger partial charge in [0.15, 0.2) is 0 Å². The summed E-state index contributed by atoms with van der Waals surface area (Å²) in [5, 5.41) is 12.7. The Labute approximate surface area is 62.6 Å². The van der Waals surface area contributed by atoms with Gasteiger partial charge in [-0.1, -0.05) is 13.3 Å². The number of hydrogen-bond acceptors (Lipinski definition) is 2. The summed E-state index contributed by atoms with van der Waals surface area (Å²) in [7, 11) is 0. The van der Waals surface area contributed by atoms with Crippen molar-refractivity contribution in [3.05, 3.63) is 0 Å². The van der Waals surface area contributed by atoms with E-state index in [0.29, 0.717) is 6.04 Å². The molecular formula is C8H17NO. The van der Waals surface area contributed by atoms with Crippen LogP contribution in [0.15, 0.2) is 0 Å². The summed E-state index contributed by atoms with van der Waals surface area (Å²) < 4.78 is 0. The molecule has 0 saturated carbocycles. The lowest BCUT2D eigenvalue weighted by molar-refractivity contribution is 0.109. The van der Waals surface area contributed by atoms with Crippen LogP contribution in [0, 0.1) is 0 Å². The number of aliphatic hydroxyl groups excluding tert-OH is 1. The second kappa shape index (κ2) is 3.94. The van der Waals surface area contributed by atoms with E-state index in [0.717, 1.165) is 19.4 Å². The zero-order valence-corrected chi connectivity index (χ0v) is 6.64. The number of hydrogen-bond donors (Lipinski definition) is 2. The van der Waals surface area contributed by atoms with Gasteiger partial charge in [0, 0.05) is 6.04 Å². The van der Waals surface area contributed by atoms with Crippen molar-refractivity contribution in [1.82, 2.24) is 5.32 Å². The van der Waals surface area contributed by atoms with Crippen molar-refractivity contribution >= 4 is 0 Å². The van der Waals surface area contributed by atoms with Gasteiger partial charge in [0.05, 0.1) is 6.10 Å². The molecule has 10 heavy (non-hydrogen) atoms. The lowest BCUT2D eigenvalue weighted by atomic mass is 9.99. The molecule has 2 heteroatoms. The molecule has 0 aromatic heterocycles. The maximum absolute atomic E-state index is 9.42. The van der Waals surface area contributed by atoms with Gasteiger partial charge in [0.1, 0.15) is 0 Å². The highest BCUT2D eigenvalue weighted by Gasteiger charge is 2.18. The second-order valence-corrected chi connectivity index (χ2v) is 3.03. The van der Waals surface area contributed by atoms with Gasteiger partial charge >= 0.3 is 0 Å². The normalized spacial score (nSPS) is 30.0. The van der Waals surface area contributed by atoms with Gasteiger partial charge in [-0.25, -0.2) is 0 Å². The first-order chi connectivity index (χ1) is 4.84. The van der Waals surface area contributed by atoms with Crippen molar-refractivity contribution in [2.45, 2.75) is 44.8 Å². The fraction of sp³-hybridized carbons (Fsp3) is 1.00.